The minimum Gasteiger partial charge on any atom is -0.287 e. The first-order chi connectivity index (χ1) is 8.68. The van der Waals surface area contributed by atoms with E-state index in [0.717, 1.165) is 33.8 Å². The van der Waals surface area contributed by atoms with Crippen molar-refractivity contribution in [3.63, 3.8) is 0 Å². The highest BCUT2D eigenvalue weighted by molar-refractivity contribution is 9.11. The molecule has 0 aromatic carbocycles. The number of hydrogen-bond donors (Lipinski definition) is 0. The van der Waals surface area contributed by atoms with Crippen LogP contribution in [-0.2, 0) is 0 Å². The van der Waals surface area contributed by atoms with E-state index in [1.54, 1.807) is 6.20 Å². The summed E-state index contributed by atoms with van der Waals surface area (Å²) in [4.78, 5) is 16.6. The first-order valence-electron chi connectivity index (χ1n) is 6.23. The van der Waals surface area contributed by atoms with E-state index in [1.807, 2.05) is 6.07 Å². The van der Waals surface area contributed by atoms with Crippen LogP contribution in [0, 0.1) is 0 Å². The SMILES string of the molecule is O=C(C1=CCCCCCC1)c1ncc(Br)cc1Br. The van der Waals surface area contributed by atoms with Gasteiger partial charge in [0, 0.05) is 15.1 Å². The quantitative estimate of drug-likeness (QED) is 0.678. The van der Waals surface area contributed by atoms with Gasteiger partial charge in [0.1, 0.15) is 5.69 Å². The molecule has 0 amide bonds. The van der Waals surface area contributed by atoms with Crippen LogP contribution < -0.4 is 0 Å². The van der Waals surface area contributed by atoms with Crippen LogP contribution in [0.1, 0.15) is 49.0 Å². The number of aromatic nitrogens is 1. The minimum atomic E-state index is 0.0660. The lowest BCUT2D eigenvalue weighted by atomic mass is 9.96. The van der Waals surface area contributed by atoms with Gasteiger partial charge in [-0.1, -0.05) is 18.9 Å². The summed E-state index contributed by atoms with van der Waals surface area (Å²) in [6.45, 7) is 0. The van der Waals surface area contributed by atoms with Crippen LogP contribution in [0.25, 0.3) is 0 Å². The van der Waals surface area contributed by atoms with Crippen molar-refractivity contribution in [2.75, 3.05) is 0 Å². The molecule has 96 valence electrons. The van der Waals surface area contributed by atoms with Gasteiger partial charge in [0.05, 0.1) is 0 Å². The van der Waals surface area contributed by atoms with Crippen molar-refractivity contribution in [1.82, 2.24) is 4.98 Å². The van der Waals surface area contributed by atoms with Crippen LogP contribution in [-0.4, -0.2) is 10.8 Å². The van der Waals surface area contributed by atoms with Crippen LogP contribution in [0.15, 0.2) is 32.9 Å². The smallest absolute Gasteiger partial charge is 0.208 e. The number of nitrogens with zero attached hydrogens (tertiary/aromatic N) is 1. The predicted molar refractivity (Wildman–Crippen MR) is 79.8 cm³/mol. The topological polar surface area (TPSA) is 30.0 Å². The lowest BCUT2D eigenvalue weighted by Gasteiger charge is -2.11. The van der Waals surface area contributed by atoms with Gasteiger partial charge in [0.2, 0.25) is 5.78 Å². The first-order valence-corrected chi connectivity index (χ1v) is 7.82. The molecule has 1 aliphatic carbocycles. The van der Waals surface area contributed by atoms with Crippen molar-refractivity contribution >= 4 is 37.6 Å². The lowest BCUT2D eigenvalue weighted by Crippen LogP contribution is -2.08. The Morgan fingerprint density at radius 2 is 1.94 bits per heavy atom. The number of carbonyl (C=O) groups is 1. The Morgan fingerprint density at radius 1 is 1.17 bits per heavy atom. The Kier molecular flexibility index (Phi) is 5.13. The molecular formula is C14H15Br2NO. The summed E-state index contributed by atoms with van der Waals surface area (Å²) < 4.78 is 1.63. The molecule has 0 fully saturated rings. The summed E-state index contributed by atoms with van der Waals surface area (Å²) in [5.41, 5.74) is 1.44. The third-order valence-corrected chi connectivity index (χ3v) is 4.14. The fourth-order valence-corrected chi connectivity index (χ4v) is 3.30. The monoisotopic (exact) mass is 371 g/mol. The van der Waals surface area contributed by atoms with Crippen molar-refractivity contribution in [3.8, 4) is 0 Å². The van der Waals surface area contributed by atoms with Gasteiger partial charge < -0.3 is 0 Å². The summed E-state index contributed by atoms with van der Waals surface area (Å²) in [6.07, 6.45) is 10.4. The van der Waals surface area contributed by atoms with Gasteiger partial charge in [0.25, 0.3) is 0 Å². The fourth-order valence-electron chi connectivity index (χ4n) is 2.13. The second-order valence-electron chi connectivity index (χ2n) is 4.50. The van der Waals surface area contributed by atoms with Crippen LogP contribution >= 0.6 is 31.9 Å². The van der Waals surface area contributed by atoms with Gasteiger partial charge in [-0.3, -0.25) is 9.78 Å². The molecule has 0 atom stereocenters. The van der Waals surface area contributed by atoms with Crippen molar-refractivity contribution < 1.29 is 4.79 Å². The standard InChI is InChI=1S/C14H15Br2NO/c15-11-8-12(16)13(17-9-11)14(18)10-6-4-2-1-3-5-7-10/h6,8-9H,1-5,7H2. The zero-order valence-corrected chi connectivity index (χ0v) is 13.3. The molecule has 1 aromatic heterocycles. The summed E-state index contributed by atoms with van der Waals surface area (Å²) in [7, 11) is 0. The number of rotatable bonds is 2. The lowest BCUT2D eigenvalue weighted by molar-refractivity contribution is 0.102. The molecule has 2 nitrogen and oxygen atoms in total. The number of halogens is 2. The van der Waals surface area contributed by atoms with Gasteiger partial charge in [0.15, 0.2) is 0 Å². The van der Waals surface area contributed by atoms with E-state index in [9.17, 15) is 4.79 Å². The average molecular weight is 373 g/mol. The molecule has 0 N–H and O–H groups in total. The third kappa shape index (κ3) is 3.51. The highest BCUT2D eigenvalue weighted by Gasteiger charge is 2.17. The van der Waals surface area contributed by atoms with Gasteiger partial charge in [-0.2, -0.15) is 0 Å². The van der Waals surface area contributed by atoms with E-state index in [0.29, 0.717) is 5.69 Å². The van der Waals surface area contributed by atoms with Crippen LogP contribution in [0.2, 0.25) is 0 Å². The molecule has 0 saturated carbocycles. The van der Waals surface area contributed by atoms with Gasteiger partial charge in [-0.05, 0) is 69.2 Å². The summed E-state index contributed by atoms with van der Waals surface area (Å²) in [5.74, 6) is 0.0660. The maximum absolute atomic E-state index is 12.4. The summed E-state index contributed by atoms with van der Waals surface area (Å²) in [6, 6.07) is 1.86. The first kappa shape index (κ1) is 13.9. The van der Waals surface area contributed by atoms with E-state index in [1.165, 1.54) is 19.3 Å². The van der Waals surface area contributed by atoms with E-state index in [2.05, 4.69) is 42.9 Å². The molecule has 0 aliphatic heterocycles. The molecule has 4 heteroatoms. The second-order valence-corrected chi connectivity index (χ2v) is 6.27. The highest BCUT2D eigenvalue weighted by atomic mass is 79.9. The van der Waals surface area contributed by atoms with E-state index in [4.69, 9.17) is 0 Å². The van der Waals surface area contributed by atoms with Gasteiger partial charge >= 0.3 is 0 Å². The largest absolute Gasteiger partial charge is 0.287 e. The molecule has 1 aliphatic rings. The van der Waals surface area contributed by atoms with Gasteiger partial charge in [-0.25, -0.2) is 0 Å². The van der Waals surface area contributed by atoms with Crippen molar-refractivity contribution in [3.05, 3.63) is 38.6 Å². The molecule has 1 aromatic rings. The normalized spacial score (nSPS) is 16.7. The molecule has 0 radical (unpaired) electrons. The Hall–Kier alpha value is -0.480. The Morgan fingerprint density at radius 3 is 2.72 bits per heavy atom. The Balaban J connectivity index is 2.23. The second kappa shape index (κ2) is 6.62. The minimum absolute atomic E-state index is 0.0660. The van der Waals surface area contributed by atoms with Gasteiger partial charge in [-0.15, -0.1) is 0 Å². The molecule has 0 bridgehead atoms. The maximum atomic E-state index is 12.4. The fraction of sp³-hybridized carbons (Fsp3) is 0.429. The molecule has 2 rings (SSSR count). The number of allylic oxidation sites excluding steroid dienone is 2. The zero-order valence-electron chi connectivity index (χ0n) is 10.1. The summed E-state index contributed by atoms with van der Waals surface area (Å²) >= 11 is 6.75. The van der Waals surface area contributed by atoms with E-state index in [-0.39, 0.29) is 5.78 Å². The zero-order chi connectivity index (χ0) is 13.0. The number of ketones is 1. The van der Waals surface area contributed by atoms with Crippen LogP contribution in [0.5, 0.6) is 0 Å². The highest BCUT2D eigenvalue weighted by Crippen LogP contribution is 2.25. The Bertz CT molecular complexity index is 483. The predicted octanol–water partition coefficient (Wildman–Crippen LogP) is 5.07. The van der Waals surface area contributed by atoms with Crippen molar-refractivity contribution in [2.45, 2.75) is 38.5 Å². The summed E-state index contributed by atoms with van der Waals surface area (Å²) in [5, 5.41) is 0. The maximum Gasteiger partial charge on any atom is 0.208 e. The molecule has 0 unspecified atom stereocenters. The van der Waals surface area contributed by atoms with Crippen LogP contribution in [0.4, 0.5) is 0 Å². The van der Waals surface area contributed by atoms with Crippen molar-refractivity contribution in [1.29, 1.82) is 0 Å². The Labute approximate surface area is 124 Å². The van der Waals surface area contributed by atoms with Crippen LogP contribution in [0.3, 0.4) is 0 Å². The molecule has 0 saturated heterocycles. The number of pyridine rings is 1. The number of carbonyl (C=O) groups excluding carboxylic acids is 1. The molecule has 18 heavy (non-hydrogen) atoms. The average Bonchev–Trinajstić information content (AvgIpc) is 2.27. The molecular weight excluding hydrogens is 358 g/mol. The molecule has 1 heterocycles. The number of hydrogen-bond acceptors (Lipinski definition) is 2. The third-order valence-electron chi connectivity index (χ3n) is 3.11. The number of Topliss-reactive ketones (excluding diaryl/α,β-unsaturated/α-hetero) is 1. The van der Waals surface area contributed by atoms with Crippen molar-refractivity contribution in [2.24, 2.45) is 0 Å². The van der Waals surface area contributed by atoms with E-state index < -0.39 is 0 Å². The molecule has 0 spiro atoms. The van der Waals surface area contributed by atoms with E-state index >= 15 is 0 Å².